The van der Waals surface area contributed by atoms with Crippen LogP contribution < -0.4 is 10.5 Å². The van der Waals surface area contributed by atoms with Crippen molar-refractivity contribution in [3.05, 3.63) is 70.8 Å². The Kier molecular flexibility index (Phi) is 5.84. The Labute approximate surface area is 189 Å². The molecular formula is C23H23FN4O3S. The van der Waals surface area contributed by atoms with Crippen LogP contribution in [0.1, 0.15) is 54.1 Å². The zero-order chi connectivity index (χ0) is 22.1. The summed E-state index contributed by atoms with van der Waals surface area (Å²) in [5.41, 5.74) is 7.65. The molecule has 1 fully saturated rings. The van der Waals surface area contributed by atoms with E-state index < -0.39 is 6.29 Å². The molecule has 9 heteroatoms. The van der Waals surface area contributed by atoms with Crippen LogP contribution in [0.2, 0.25) is 0 Å². The maximum Gasteiger partial charge on any atom is 0.227 e. The topological polar surface area (TPSA) is 92.3 Å². The molecule has 0 saturated heterocycles. The van der Waals surface area contributed by atoms with E-state index in [1.54, 1.807) is 0 Å². The number of hydrogen-bond donors (Lipinski definition) is 1. The number of thioether (sulfide) groups is 1. The summed E-state index contributed by atoms with van der Waals surface area (Å²) in [6.45, 7) is 0.278. The average Bonchev–Trinajstić information content (AvgIpc) is 3.56. The largest absolute Gasteiger partial charge is 0.460 e. The summed E-state index contributed by atoms with van der Waals surface area (Å²) in [6.07, 6.45) is 2.29. The van der Waals surface area contributed by atoms with E-state index in [2.05, 4.69) is 14.8 Å². The van der Waals surface area contributed by atoms with Crippen molar-refractivity contribution in [2.24, 2.45) is 5.73 Å². The highest BCUT2D eigenvalue weighted by Crippen LogP contribution is 2.42. The van der Waals surface area contributed by atoms with Gasteiger partial charge in [0.1, 0.15) is 17.4 Å². The van der Waals surface area contributed by atoms with Gasteiger partial charge in [-0.2, -0.15) is 0 Å². The SMILES string of the molecule is NC(=O)CCc1nnc(SCc2cc(F)cc3c2OC(c2ccccc2)OC3)n1C1CC1. The number of rotatable bonds is 8. The summed E-state index contributed by atoms with van der Waals surface area (Å²) in [4.78, 5) is 11.2. The summed E-state index contributed by atoms with van der Waals surface area (Å²) in [7, 11) is 0. The fourth-order valence-corrected chi connectivity index (χ4v) is 4.80. The Morgan fingerprint density at radius 1 is 1.22 bits per heavy atom. The number of carbonyl (C=O) groups excluding carboxylic acids is 1. The lowest BCUT2D eigenvalue weighted by molar-refractivity contribution is -0.118. The van der Waals surface area contributed by atoms with E-state index in [0.717, 1.165) is 34.9 Å². The van der Waals surface area contributed by atoms with Crippen LogP contribution in [0.25, 0.3) is 0 Å². The number of carbonyl (C=O) groups is 1. The van der Waals surface area contributed by atoms with Crippen LogP contribution in [0.3, 0.4) is 0 Å². The monoisotopic (exact) mass is 454 g/mol. The molecule has 0 bridgehead atoms. The van der Waals surface area contributed by atoms with Gasteiger partial charge in [-0.1, -0.05) is 42.1 Å². The Balaban J connectivity index is 1.37. The Bertz CT molecular complexity index is 1130. The quantitative estimate of drug-likeness (QED) is 0.516. The van der Waals surface area contributed by atoms with Crippen molar-refractivity contribution in [1.82, 2.24) is 14.8 Å². The van der Waals surface area contributed by atoms with Crippen LogP contribution in [0.15, 0.2) is 47.6 Å². The first-order chi connectivity index (χ1) is 15.6. The van der Waals surface area contributed by atoms with E-state index in [4.69, 9.17) is 15.2 Å². The number of fused-ring (bicyclic) bond motifs is 1. The van der Waals surface area contributed by atoms with Crippen LogP contribution in [-0.4, -0.2) is 20.7 Å². The molecule has 166 valence electrons. The van der Waals surface area contributed by atoms with Gasteiger partial charge in [-0.15, -0.1) is 10.2 Å². The number of aromatic nitrogens is 3. The van der Waals surface area contributed by atoms with E-state index in [-0.39, 0.29) is 24.8 Å². The molecule has 2 aromatic carbocycles. The summed E-state index contributed by atoms with van der Waals surface area (Å²) in [6, 6.07) is 13.0. The first kappa shape index (κ1) is 21.0. The number of hydrogen-bond acceptors (Lipinski definition) is 6. The van der Waals surface area contributed by atoms with E-state index in [0.29, 0.717) is 29.5 Å². The number of nitrogens with two attached hydrogens (primary N) is 1. The zero-order valence-electron chi connectivity index (χ0n) is 17.4. The van der Waals surface area contributed by atoms with Gasteiger partial charge in [-0.05, 0) is 25.0 Å². The molecule has 1 saturated carbocycles. The molecule has 1 aromatic heterocycles. The Morgan fingerprint density at radius 2 is 2.03 bits per heavy atom. The summed E-state index contributed by atoms with van der Waals surface area (Å²) in [5, 5.41) is 9.37. The number of amides is 1. The minimum atomic E-state index is -0.534. The molecule has 1 aliphatic carbocycles. The second-order valence-corrected chi connectivity index (χ2v) is 8.92. The maximum atomic E-state index is 14.3. The van der Waals surface area contributed by atoms with E-state index in [1.165, 1.54) is 23.9 Å². The second kappa shape index (κ2) is 8.91. The molecule has 2 N–H and O–H groups in total. The summed E-state index contributed by atoms with van der Waals surface area (Å²) < 4.78 is 28.4. The lowest BCUT2D eigenvalue weighted by Gasteiger charge is -2.28. The maximum absolute atomic E-state index is 14.3. The first-order valence-corrected chi connectivity index (χ1v) is 11.6. The number of aryl methyl sites for hydroxylation is 1. The molecule has 32 heavy (non-hydrogen) atoms. The van der Waals surface area contributed by atoms with E-state index in [9.17, 15) is 9.18 Å². The highest BCUT2D eigenvalue weighted by atomic mass is 32.2. The number of halogens is 1. The van der Waals surface area contributed by atoms with Gasteiger partial charge >= 0.3 is 0 Å². The van der Waals surface area contributed by atoms with Crippen molar-refractivity contribution in [2.75, 3.05) is 0 Å². The summed E-state index contributed by atoms with van der Waals surface area (Å²) in [5.74, 6) is 1.22. The van der Waals surface area contributed by atoms with Crippen molar-refractivity contribution in [3.63, 3.8) is 0 Å². The lowest BCUT2D eigenvalue weighted by Crippen LogP contribution is -2.19. The van der Waals surface area contributed by atoms with Crippen molar-refractivity contribution in [1.29, 1.82) is 0 Å². The average molecular weight is 455 g/mol. The highest BCUT2D eigenvalue weighted by molar-refractivity contribution is 7.98. The third kappa shape index (κ3) is 4.49. The fraction of sp³-hybridized carbons (Fsp3) is 0.348. The highest BCUT2D eigenvalue weighted by Gasteiger charge is 2.30. The molecule has 2 aliphatic rings. The van der Waals surface area contributed by atoms with Crippen LogP contribution >= 0.6 is 11.8 Å². The van der Waals surface area contributed by atoms with Gasteiger partial charge in [-0.3, -0.25) is 4.79 Å². The number of benzene rings is 2. The third-order valence-electron chi connectivity index (χ3n) is 5.49. The summed E-state index contributed by atoms with van der Waals surface area (Å²) >= 11 is 1.49. The van der Waals surface area contributed by atoms with E-state index in [1.807, 2.05) is 30.3 Å². The number of primary amides is 1. The van der Waals surface area contributed by atoms with Gasteiger partial charge in [0.25, 0.3) is 0 Å². The van der Waals surface area contributed by atoms with Gasteiger partial charge in [-0.25, -0.2) is 4.39 Å². The fourth-order valence-electron chi connectivity index (χ4n) is 3.81. The molecule has 1 atom stereocenters. The molecule has 0 radical (unpaired) electrons. The first-order valence-electron chi connectivity index (χ1n) is 10.6. The molecule has 2 heterocycles. The van der Waals surface area contributed by atoms with E-state index >= 15 is 0 Å². The zero-order valence-corrected chi connectivity index (χ0v) is 18.2. The normalized spacial score (nSPS) is 17.6. The molecular weight excluding hydrogens is 431 g/mol. The van der Waals surface area contributed by atoms with Crippen LogP contribution in [0.4, 0.5) is 4.39 Å². The number of nitrogens with zero attached hydrogens (tertiary/aromatic N) is 3. The minimum Gasteiger partial charge on any atom is -0.460 e. The van der Waals surface area contributed by atoms with Gasteiger partial charge in [0, 0.05) is 41.3 Å². The molecule has 1 aliphatic heterocycles. The minimum absolute atomic E-state index is 0.238. The molecule has 0 spiro atoms. The lowest BCUT2D eigenvalue weighted by atomic mass is 10.1. The van der Waals surface area contributed by atoms with Crippen LogP contribution in [0, 0.1) is 5.82 Å². The van der Waals surface area contributed by atoms with Crippen molar-refractivity contribution < 1.29 is 18.7 Å². The smallest absolute Gasteiger partial charge is 0.227 e. The molecule has 7 nitrogen and oxygen atoms in total. The third-order valence-corrected chi connectivity index (χ3v) is 6.49. The van der Waals surface area contributed by atoms with Crippen LogP contribution in [-0.2, 0) is 28.3 Å². The standard InChI is InChI=1S/C23H23FN4O3S/c24-17-10-15-12-30-22(14-4-2-1-3-5-14)31-21(15)16(11-17)13-32-23-27-26-20(9-8-19(25)29)28(23)18-6-7-18/h1-5,10-11,18,22H,6-9,12-13H2,(H2,25,29). The van der Waals surface area contributed by atoms with Crippen molar-refractivity contribution >= 4 is 17.7 Å². The predicted molar refractivity (Wildman–Crippen MR) is 116 cm³/mol. The molecule has 1 unspecified atom stereocenters. The Hall–Kier alpha value is -2.91. The Morgan fingerprint density at radius 3 is 2.78 bits per heavy atom. The number of ether oxygens (including phenoxy) is 2. The van der Waals surface area contributed by atoms with Crippen LogP contribution in [0.5, 0.6) is 5.75 Å². The van der Waals surface area contributed by atoms with Gasteiger partial charge in [0.15, 0.2) is 5.16 Å². The van der Waals surface area contributed by atoms with Gasteiger partial charge in [0.2, 0.25) is 12.2 Å². The molecule has 5 rings (SSSR count). The van der Waals surface area contributed by atoms with Gasteiger partial charge < -0.3 is 19.8 Å². The molecule has 1 amide bonds. The second-order valence-electron chi connectivity index (χ2n) is 7.98. The molecule has 3 aromatic rings. The van der Waals surface area contributed by atoms with Crippen molar-refractivity contribution in [2.45, 2.75) is 55.5 Å². The predicted octanol–water partition coefficient (Wildman–Crippen LogP) is 4.07. The van der Waals surface area contributed by atoms with Crippen molar-refractivity contribution in [3.8, 4) is 5.75 Å². The van der Waals surface area contributed by atoms with Gasteiger partial charge in [0.05, 0.1) is 6.61 Å².